The summed E-state index contributed by atoms with van der Waals surface area (Å²) in [6.07, 6.45) is 4.05. The van der Waals surface area contributed by atoms with Crippen molar-refractivity contribution in [2.45, 2.75) is 31.2 Å². The van der Waals surface area contributed by atoms with Gasteiger partial charge in [-0.15, -0.1) is 5.10 Å². The topological polar surface area (TPSA) is 68.3 Å². The highest BCUT2D eigenvalue weighted by atomic mass is 79.9. The van der Waals surface area contributed by atoms with E-state index in [0.717, 1.165) is 74.4 Å². The largest absolute Gasteiger partial charge is 0.492 e. The normalized spacial score (nSPS) is 13.6. The molecule has 1 saturated carbocycles. The smallest absolute Gasteiger partial charge is 0.163 e. The van der Waals surface area contributed by atoms with Gasteiger partial charge in [0.05, 0.1) is 51.0 Å². The summed E-state index contributed by atoms with van der Waals surface area (Å²) < 4.78 is 29.1. The SMILES string of the molecule is CN(C)Cc1ccc(CSCCOc2cc3c4c(Nc5ccc(F)c(Cl)c5)nncc4n(C4CC4)c3cc2Br)o1. The van der Waals surface area contributed by atoms with Gasteiger partial charge in [0.2, 0.25) is 0 Å². The van der Waals surface area contributed by atoms with E-state index in [1.165, 1.54) is 6.07 Å². The number of nitrogens with one attached hydrogen (secondary N) is 1. The van der Waals surface area contributed by atoms with Crippen molar-refractivity contribution < 1.29 is 13.5 Å². The Balaban J connectivity index is 1.23. The first-order valence-electron chi connectivity index (χ1n) is 13.0. The Labute approximate surface area is 249 Å². The molecule has 0 atom stereocenters. The first-order valence-corrected chi connectivity index (χ1v) is 15.3. The molecular formula is C29H28BrClFN5O2S. The third-order valence-corrected chi connectivity index (χ3v) is 8.54. The van der Waals surface area contributed by atoms with Crippen LogP contribution < -0.4 is 10.1 Å². The Kier molecular flexibility index (Phi) is 7.94. The van der Waals surface area contributed by atoms with Crippen molar-refractivity contribution in [2.24, 2.45) is 0 Å². The van der Waals surface area contributed by atoms with Gasteiger partial charge >= 0.3 is 0 Å². The van der Waals surface area contributed by atoms with Crippen LogP contribution in [0.5, 0.6) is 5.75 Å². The molecule has 1 N–H and O–H groups in total. The highest BCUT2D eigenvalue weighted by Crippen LogP contribution is 2.46. The second kappa shape index (κ2) is 11.6. The average Bonchev–Trinajstić information content (AvgIpc) is 3.57. The number of rotatable bonds is 11. The molecule has 208 valence electrons. The van der Waals surface area contributed by atoms with Gasteiger partial charge in [-0.25, -0.2) is 4.39 Å². The van der Waals surface area contributed by atoms with Crippen LogP contribution in [0.2, 0.25) is 5.02 Å². The molecule has 0 unspecified atom stereocenters. The van der Waals surface area contributed by atoms with Gasteiger partial charge in [0, 0.05) is 22.9 Å². The summed E-state index contributed by atoms with van der Waals surface area (Å²) in [5.74, 6) is 4.45. The number of halogens is 3. The van der Waals surface area contributed by atoms with Gasteiger partial charge in [-0.1, -0.05) is 11.6 Å². The molecule has 11 heteroatoms. The molecule has 0 amide bonds. The van der Waals surface area contributed by atoms with Crippen molar-refractivity contribution in [3.63, 3.8) is 0 Å². The van der Waals surface area contributed by atoms with E-state index in [1.807, 2.05) is 26.2 Å². The lowest BCUT2D eigenvalue weighted by Crippen LogP contribution is -2.09. The highest BCUT2D eigenvalue weighted by Gasteiger charge is 2.29. The maximum absolute atomic E-state index is 13.7. The molecule has 6 rings (SSSR count). The van der Waals surface area contributed by atoms with Crippen LogP contribution in [0, 0.1) is 5.82 Å². The lowest BCUT2D eigenvalue weighted by Gasteiger charge is -2.10. The quantitative estimate of drug-likeness (QED) is 0.145. The molecule has 3 aromatic heterocycles. The van der Waals surface area contributed by atoms with Crippen LogP contribution in [0.4, 0.5) is 15.9 Å². The van der Waals surface area contributed by atoms with E-state index in [9.17, 15) is 4.39 Å². The minimum atomic E-state index is -0.468. The molecule has 0 aliphatic heterocycles. The Morgan fingerprint density at radius 1 is 1.18 bits per heavy atom. The number of nitrogens with zero attached hydrogens (tertiary/aromatic N) is 4. The minimum absolute atomic E-state index is 0.0454. The number of aromatic nitrogens is 3. The molecule has 0 bridgehead atoms. The molecule has 0 spiro atoms. The Morgan fingerprint density at radius 3 is 2.77 bits per heavy atom. The second-order valence-electron chi connectivity index (χ2n) is 10.1. The van der Waals surface area contributed by atoms with E-state index < -0.39 is 5.82 Å². The Bertz CT molecular complexity index is 1690. The number of ether oxygens (including phenoxy) is 1. The summed E-state index contributed by atoms with van der Waals surface area (Å²) in [4.78, 5) is 2.09. The van der Waals surface area contributed by atoms with Crippen molar-refractivity contribution in [3.05, 3.63) is 75.5 Å². The fourth-order valence-electron chi connectivity index (χ4n) is 4.81. The molecule has 40 heavy (non-hydrogen) atoms. The summed E-state index contributed by atoms with van der Waals surface area (Å²) >= 11 is 11.5. The summed E-state index contributed by atoms with van der Waals surface area (Å²) in [6, 6.07) is 13.2. The maximum atomic E-state index is 13.7. The van der Waals surface area contributed by atoms with Gasteiger partial charge in [0.25, 0.3) is 0 Å². The minimum Gasteiger partial charge on any atom is -0.492 e. The number of hydrogen-bond donors (Lipinski definition) is 1. The Hall–Kier alpha value is -2.79. The second-order valence-corrected chi connectivity index (χ2v) is 12.5. The number of thioether (sulfide) groups is 1. The zero-order valence-corrected chi connectivity index (χ0v) is 25.2. The lowest BCUT2D eigenvalue weighted by atomic mass is 10.2. The zero-order valence-electron chi connectivity index (χ0n) is 22.1. The van der Waals surface area contributed by atoms with Crippen molar-refractivity contribution in [1.29, 1.82) is 0 Å². The third-order valence-electron chi connectivity index (χ3n) is 6.68. The number of fused-ring (bicyclic) bond motifs is 3. The van der Waals surface area contributed by atoms with Crippen molar-refractivity contribution in [3.8, 4) is 5.75 Å². The summed E-state index contributed by atoms with van der Waals surface area (Å²) in [7, 11) is 4.06. The molecule has 1 aliphatic carbocycles. The molecule has 7 nitrogen and oxygen atoms in total. The Morgan fingerprint density at radius 2 is 2.00 bits per heavy atom. The van der Waals surface area contributed by atoms with Crippen LogP contribution in [0.25, 0.3) is 21.8 Å². The summed E-state index contributed by atoms with van der Waals surface area (Å²) in [6.45, 7) is 1.35. The molecule has 1 fully saturated rings. The number of benzene rings is 2. The molecule has 0 saturated heterocycles. The average molecular weight is 645 g/mol. The van der Waals surface area contributed by atoms with Crippen LogP contribution in [-0.4, -0.2) is 46.1 Å². The fourth-order valence-corrected chi connectivity index (χ4v) is 6.14. The van der Waals surface area contributed by atoms with E-state index in [2.05, 4.69) is 53.0 Å². The molecule has 1 aliphatic rings. The van der Waals surface area contributed by atoms with Crippen LogP contribution >= 0.6 is 39.3 Å². The predicted octanol–water partition coefficient (Wildman–Crippen LogP) is 8.18. The van der Waals surface area contributed by atoms with Gasteiger partial charge in [-0.3, -0.25) is 0 Å². The molecule has 0 radical (unpaired) electrons. The first-order chi connectivity index (χ1) is 19.4. The standard InChI is InChI=1S/C29H28BrClFN5O2S/c1-36(2)15-19-6-7-20(39-19)16-40-10-9-38-27-12-21-25(13-22(27)30)37(18-4-5-18)26-14-33-35-29(28(21)26)34-17-3-8-24(32)23(31)11-17/h3,6-8,11-14,18H,4-5,9-10,15-16H2,1-2H3,(H,34,35). The van der Waals surface area contributed by atoms with E-state index in [0.29, 0.717) is 24.2 Å². The van der Waals surface area contributed by atoms with Gasteiger partial charge in [0.1, 0.15) is 23.1 Å². The van der Waals surface area contributed by atoms with E-state index in [1.54, 1.807) is 30.1 Å². The highest BCUT2D eigenvalue weighted by molar-refractivity contribution is 9.10. The van der Waals surface area contributed by atoms with E-state index in [-0.39, 0.29) is 5.02 Å². The van der Waals surface area contributed by atoms with Gasteiger partial charge in [0.15, 0.2) is 5.82 Å². The molecule has 2 aromatic carbocycles. The van der Waals surface area contributed by atoms with E-state index in [4.69, 9.17) is 20.8 Å². The van der Waals surface area contributed by atoms with Gasteiger partial charge < -0.3 is 23.9 Å². The van der Waals surface area contributed by atoms with Crippen LogP contribution in [0.1, 0.15) is 30.4 Å². The van der Waals surface area contributed by atoms with E-state index >= 15 is 0 Å². The third kappa shape index (κ3) is 5.81. The first kappa shape index (κ1) is 27.4. The zero-order chi connectivity index (χ0) is 27.8. The lowest BCUT2D eigenvalue weighted by molar-refractivity contribution is 0.341. The summed E-state index contributed by atoms with van der Waals surface area (Å²) in [5.41, 5.74) is 2.72. The van der Waals surface area contributed by atoms with Crippen LogP contribution in [0.15, 0.2) is 57.6 Å². The van der Waals surface area contributed by atoms with Crippen molar-refractivity contribution in [2.75, 3.05) is 31.8 Å². The number of furan rings is 1. The van der Waals surface area contributed by atoms with Crippen molar-refractivity contribution >= 4 is 72.6 Å². The number of anilines is 2. The summed E-state index contributed by atoms with van der Waals surface area (Å²) in [5, 5.41) is 14.0. The predicted molar refractivity (Wildman–Crippen MR) is 163 cm³/mol. The monoisotopic (exact) mass is 643 g/mol. The maximum Gasteiger partial charge on any atom is 0.163 e. The molecular weight excluding hydrogens is 617 g/mol. The van der Waals surface area contributed by atoms with Crippen molar-refractivity contribution in [1.82, 2.24) is 19.7 Å². The van der Waals surface area contributed by atoms with Crippen LogP contribution in [-0.2, 0) is 12.3 Å². The van der Waals surface area contributed by atoms with Crippen LogP contribution in [0.3, 0.4) is 0 Å². The molecule has 5 aromatic rings. The van der Waals surface area contributed by atoms with Gasteiger partial charge in [-0.2, -0.15) is 16.9 Å². The molecule has 3 heterocycles. The van der Waals surface area contributed by atoms with Gasteiger partial charge in [-0.05, 0) is 85.3 Å². The fraction of sp³-hybridized carbons (Fsp3) is 0.310. The number of hydrogen-bond acceptors (Lipinski definition) is 7.